The largest absolute Gasteiger partial charge is 0.493 e. The second kappa shape index (κ2) is 14.6. The molecule has 0 bridgehead atoms. The monoisotopic (exact) mass is 608 g/mol. The van der Waals surface area contributed by atoms with Gasteiger partial charge in [0.05, 0.1) is 22.7 Å². The molecule has 0 spiro atoms. The van der Waals surface area contributed by atoms with E-state index in [2.05, 4.69) is 24.0 Å². The van der Waals surface area contributed by atoms with Crippen molar-refractivity contribution in [2.45, 2.75) is 44.9 Å². The highest BCUT2D eigenvalue weighted by Gasteiger charge is 2.34. The van der Waals surface area contributed by atoms with Gasteiger partial charge in [-0.1, -0.05) is 67.1 Å². The Kier molecular flexibility index (Phi) is 11.5. The number of ether oxygens (including phenoxy) is 1. The van der Waals surface area contributed by atoms with Crippen molar-refractivity contribution in [3.05, 3.63) is 101 Å². The number of carbonyl (C=O) groups is 1. The summed E-state index contributed by atoms with van der Waals surface area (Å²) in [5.41, 5.74) is 1.58. The fourth-order valence-corrected chi connectivity index (χ4v) is 5.19. The van der Waals surface area contributed by atoms with Crippen LogP contribution >= 0.6 is 24.0 Å². The van der Waals surface area contributed by atoms with Crippen LogP contribution in [0.4, 0.5) is 13.2 Å². The molecule has 0 fully saturated rings. The van der Waals surface area contributed by atoms with Gasteiger partial charge in [0.2, 0.25) is 0 Å². The number of nitrogens with zero attached hydrogens (tertiary/aromatic N) is 2. The Labute approximate surface area is 248 Å². The number of benzene rings is 3. The highest BCUT2D eigenvalue weighted by atomic mass is 35.5. The summed E-state index contributed by atoms with van der Waals surface area (Å²) in [4.78, 5) is 13.3. The minimum absolute atomic E-state index is 0. The smallest absolute Gasteiger partial charge is 0.417 e. The lowest BCUT2D eigenvalue weighted by molar-refractivity contribution is -0.138. The van der Waals surface area contributed by atoms with Crippen molar-refractivity contribution in [2.24, 2.45) is 0 Å². The van der Waals surface area contributed by atoms with Crippen LogP contribution in [0.1, 0.15) is 42.4 Å². The molecule has 4 aromatic rings. The van der Waals surface area contributed by atoms with Crippen LogP contribution in [0.2, 0.25) is 5.02 Å². The molecule has 0 aliphatic heterocycles. The summed E-state index contributed by atoms with van der Waals surface area (Å²) >= 11 is 6.22. The van der Waals surface area contributed by atoms with E-state index in [4.69, 9.17) is 21.4 Å². The van der Waals surface area contributed by atoms with Crippen LogP contribution in [-0.2, 0) is 24.1 Å². The van der Waals surface area contributed by atoms with Gasteiger partial charge < -0.3 is 14.4 Å². The topological polar surface area (TPSA) is 54.7 Å². The van der Waals surface area contributed by atoms with E-state index in [0.717, 1.165) is 35.4 Å². The molecule has 0 radical (unpaired) electrons. The Morgan fingerprint density at radius 1 is 1.02 bits per heavy atom. The van der Waals surface area contributed by atoms with Crippen molar-refractivity contribution >= 4 is 40.9 Å². The highest BCUT2D eigenvalue weighted by Crippen LogP contribution is 2.36. The normalized spacial score (nSPS) is 12.3. The van der Waals surface area contributed by atoms with Crippen LogP contribution in [0, 0.1) is 0 Å². The molecule has 5 nitrogen and oxygen atoms in total. The van der Waals surface area contributed by atoms with Crippen LogP contribution in [0.3, 0.4) is 0 Å². The molecule has 220 valence electrons. The van der Waals surface area contributed by atoms with Gasteiger partial charge in [-0.15, -0.1) is 12.4 Å². The van der Waals surface area contributed by atoms with Crippen LogP contribution in [0.25, 0.3) is 10.9 Å². The Morgan fingerprint density at radius 2 is 1.76 bits per heavy atom. The van der Waals surface area contributed by atoms with E-state index in [1.165, 1.54) is 6.07 Å². The lowest BCUT2D eigenvalue weighted by atomic mass is 10.00. The molecule has 3 aromatic carbocycles. The van der Waals surface area contributed by atoms with E-state index in [1.54, 1.807) is 16.8 Å². The fourth-order valence-electron chi connectivity index (χ4n) is 4.90. The number of unbranched alkanes of at least 4 members (excludes halogenated alkanes) is 1. The minimum atomic E-state index is -4.51. The summed E-state index contributed by atoms with van der Waals surface area (Å²) in [5.74, 6) is -0.0530. The van der Waals surface area contributed by atoms with Gasteiger partial charge in [-0.25, -0.2) is 0 Å². The summed E-state index contributed by atoms with van der Waals surface area (Å²) in [6.07, 6.45) is -1.27. The molecule has 0 aliphatic rings. The van der Waals surface area contributed by atoms with Gasteiger partial charge in [0, 0.05) is 24.7 Å². The molecule has 1 aromatic heterocycles. The molecule has 0 aliphatic carbocycles. The number of hydrogen-bond acceptors (Lipinski definition) is 3. The zero-order chi connectivity index (χ0) is 28.7. The summed E-state index contributed by atoms with van der Waals surface area (Å²) in [6.45, 7) is 4.06. The Balaban J connectivity index is 0.00000462. The van der Waals surface area contributed by atoms with Crippen molar-refractivity contribution in [2.75, 3.05) is 19.7 Å². The average molecular weight is 610 g/mol. The van der Waals surface area contributed by atoms with Crippen molar-refractivity contribution in [3.63, 3.8) is 0 Å². The Bertz CT molecular complexity index is 1430. The van der Waals surface area contributed by atoms with Gasteiger partial charge in [0.15, 0.2) is 0 Å². The Hall–Kier alpha value is -3.20. The first-order chi connectivity index (χ1) is 19.1. The van der Waals surface area contributed by atoms with E-state index in [-0.39, 0.29) is 29.9 Å². The van der Waals surface area contributed by atoms with Crippen molar-refractivity contribution in [1.29, 1.82) is 0 Å². The average Bonchev–Trinajstić information content (AvgIpc) is 3.32. The molecule has 1 heterocycles. The molecule has 1 N–H and O–H groups in total. The van der Waals surface area contributed by atoms with Gasteiger partial charge in [0.1, 0.15) is 12.3 Å². The third kappa shape index (κ3) is 8.64. The summed E-state index contributed by atoms with van der Waals surface area (Å²) in [6, 6.07) is 21.5. The number of aromatic nitrogens is 1. The number of alkyl halides is 3. The van der Waals surface area contributed by atoms with Crippen molar-refractivity contribution in [3.8, 4) is 5.75 Å². The van der Waals surface area contributed by atoms with Gasteiger partial charge in [-0.05, 0) is 60.7 Å². The number of rotatable bonds is 13. The van der Waals surface area contributed by atoms with E-state index in [0.29, 0.717) is 37.6 Å². The molecule has 10 heteroatoms. The summed E-state index contributed by atoms with van der Waals surface area (Å²) in [7, 11) is 0. The summed E-state index contributed by atoms with van der Waals surface area (Å²) < 4.78 is 48.0. The number of carboxylic acid groups (broad SMARTS) is 1. The number of fused-ring (bicyclic) bond motifs is 1. The maximum absolute atomic E-state index is 13.4. The second-order valence-corrected chi connectivity index (χ2v) is 10.3. The zero-order valence-corrected chi connectivity index (χ0v) is 24.2. The second-order valence-electron chi connectivity index (χ2n) is 9.91. The maximum Gasteiger partial charge on any atom is 0.417 e. The van der Waals surface area contributed by atoms with Gasteiger partial charge in [-0.3, -0.25) is 9.69 Å². The predicted octanol–water partition coefficient (Wildman–Crippen LogP) is 8.28. The first kappa shape index (κ1) is 32.3. The number of hydrogen-bond donors (Lipinski definition) is 1. The van der Waals surface area contributed by atoms with Crippen LogP contribution < -0.4 is 4.74 Å². The molecular weight excluding hydrogens is 576 g/mol. The first-order valence-electron chi connectivity index (χ1n) is 13.2. The van der Waals surface area contributed by atoms with Crippen LogP contribution in [0.5, 0.6) is 5.75 Å². The Morgan fingerprint density at radius 3 is 2.46 bits per heavy atom. The first-order valence-corrected chi connectivity index (χ1v) is 13.6. The summed E-state index contributed by atoms with van der Waals surface area (Å²) in [5, 5.41) is 9.72. The van der Waals surface area contributed by atoms with E-state index >= 15 is 0 Å². The minimum Gasteiger partial charge on any atom is -0.493 e. The van der Waals surface area contributed by atoms with E-state index in [9.17, 15) is 18.0 Å². The molecule has 0 unspecified atom stereocenters. The molecule has 0 amide bonds. The lowest BCUT2D eigenvalue weighted by Crippen LogP contribution is -2.29. The number of carboxylic acids is 1. The van der Waals surface area contributed by atoms with E-state index in [1.807, 2.05) is 42.5 Å². The molecule has 0 saturated heterocycles. The maximum atomic E-state index is 13.4. The molecule has 0 saturated carbocycles. The third-order valence-electron chi connectivity index (χ3n) is 6.88. The van der Waals surface area contributed by atoms with E-state index < -0.39 is 17.7 Å². The quantitative estimate of drug-likeness (QED) is 0.155. The highest BCUT2D eigenvalue weighted by molar-refractivity contribution is 6.32. The number of halogens is 5. The van der Waals surface area contributed by atoms with Gasteiger partial charge in [-0.2, -0.15) is 13.2 Å². The third-order valence-corrected chi connectivity index (χ3v) is 7.33. The molecular formula is C31H33Cl2F3N2O3. The SMILES string of the molecule is C[C@H](CN(CCCCOc1cccc2c1ccn2CC(=O)O)Cc1cccc(C(F)(F)F)c1Cl)c1ccccc1.Cl. The number of aliphatic carboxylic acids is 1. The van der Waals surface area contributed by atoms with Gasteiger partial charge >= 0.3 is 12.1 Å². The zero-order valence-electron chi connectivity index (χ0n) is 22.6. The fraction of sp³-hybridized carbons (Fsp3) is 0.323. The lowest BCUT2D eigenvalue weighted by Gasteiger charge is -2.27. The standard InChI is InChI=1S/C31H32ClF3N2O3.ClH/c1-22(23-9-3-2-4-10-23)19-36(20-24-11-7-12-26(30(24)32)31(33,34)35)16-5-6-18-40-28-14-8-13-27-25(28)15-17-37(27)21-29(38)39;/h2-4,7-15,17,22H,5-6,16,18-21H2,1H3,(H,38,39);1H/t22-;/m1./s1. The van der Waals surface area contributed by atoms with Crippen molar-refractivity contribution in [1.82, 2.24) is 9.47 Å². The molecule has 41 heavy (non-hydrogen) atoms. The van der Waals surface area contributed by atoms with Crippen molar-refractivity contribution < 1.29 is 27.8 Å². The molecule has 4 rings (SSSR count). The van der Waals surface area contributed by atoms with Crippen LogP contribution in [0.15, 0.2) is 79.0 Å². The molecule has 1 atom stereocenters. The van der Waals surface area contributed by atoms with Gasteiger partial charge in [0.25, 0.3) is 0 Å². The predicted molar refractivity (Wildman–Crippen MR) is 158 cm³/mol. The van der Waals surface area contributed by atoms with Crippen LogP contribution in [-0.4, -0.2) is 40.2 Å².